The minimum absolute atomic E-state index is 0.0475. The summed E-state index contributed by atoms with van der Waals surface area (Å²) in [6.45, 7) is 5.22. The third kappa shape index (κ3) is 9.45. The number of alkyl halides is 1. The number of likely N-dealkylation sites (N-methyl/N-ethyl adjacent to an activating group) is 1. The largest absolute Gasteiger partial charge is 0.459 e. The molecule has 0 aliphatic rings. The smallest absolute Gasteiger partial charge is 0.411 e. The average molecular weight is 415 g/mol. The Balaban J connectivity index is 2.58. The van der Waals surface area contributed by atoms with Crippen LogP contribution in [0.1, 0.15) is 26.3 Å². The maximum atomic E-state index is 12.1. The molecule has 0 heterocycles. The van der Waals surface area contributed by atoms with Crippen molar-refractivity contribution in [2.24, 2.45) is 0 Å². The Kier molecular flexibility index (Phi) is 9.58. The molecule has 0 saturated heterocycles. The van der Waals surface area contributed by atoms with E-state index in [1.54, 1.807) is 20.8 Å². The first-order valence-electron chi connectivity index (χ1n) is 8.73. The zero-order chi connectivity index (χ0) is 21.2. The maximum Gasteiger partial charge on any atom is 0.411 e. The molecule has 0 saturated carbocycles. The molecule has 0 atom stereocenters. The predicted molar refractivity (Wildman–Crippen MR) is 104 cm³/mol. The lowest BCUT2D eigenvalue weighted by atomic mass is 10.2. The third-order valence-corrected chi connectivity index (χ3v) is 3.52. The maximum absolute atomic E-state index is 12.1. The van der Waals surface area contributed by atoms with E-state index >= 15 is 0 Å². The molecule has 1 aromatic rings. The van der Waals surface area contributed by atoms with Crippen molar-refractivity contribution in [3.63, 3.8) is 0 Å². The van der Waals surface area contributed by atoms with Gasteiger partial charge in [0.25, 0.3) is 0 Å². The van der Waals surface area contributed by atoms with Gasteiger partial charge in [0.15, 0.2) is 6.07 Å². The Bertz CT molecular complexity index is 648. The van der Waals surface area contributed by atoms with Crippen LogP contribution in [-0.4, -0.2) is 66.3 Å². The first-order chi connectivity index (χ1) is 13.1. The summed E-state index contributed by atoms with van der Waals surface area (Å²) in [5.41, 5.74) is 0.194. The highest BCUT2D eigenvalue weighted by atomic mass is 35.5. The van der Waals surface area contributed by atoms with E-state index < -0.39 is 23.8 Å². The number of ether oxygens (including phenoxy) is 3. The van der Waals surface area contributed by atoms with Gasteiger partial charge >= 0.3 is 18.2 Å². The van der Waals surface area contributed by atoms with E-state index in [9.17, 15) is 14.4 Å². The summed E-state index contributed by atoms with van der Waals surface area (Å²) in [6, 6.07) is 8.82. The van der Waals surface area contributed by atoms with Gasteiger partial charge in [-0.25, -0.2) is 9.59 Å². The third-order valence-electron chi connectivity index (χ3n) is 3.41. The summed E-state index contributed by atoms with van der Waals surface area (Å²) in [6.07, 6.45) is -1.31. The molecule has 0 fully saturated rings. The molecule has 1 rings (SSSR count). The highest BCUT2D eigenvalue weighted by Crippen LogP contribution is 2.09. The zero-order valence-corrected chi connectivity index (χ0v) is 17.4. The number of hydrogen-bond donors (Lipinski definition) is 0. The van der Waals surface area contributed by atoms with Crippen LogP contribution in [0.2, 0.25) is 0 Å². The Morgan fingerprint density at radius 1 is 1.00 bits per heavy atom. The fourth-order valence-corrected chi connectivity index (χ4v) is 2.11. The number of carbonyl (C=O) groups is 3. The second-order valence-corrected chi connectivity index (χ2v) is 7.21. The molecule has 9 heteroatoms. The fraction of sp³-hybridized carbons (Fsp3) is 0.526. The second-order valence-electron chi connectivity index (χ2n) is 6.99. The van der Waals surface area contributed by atoms with Crippen LogP contribution in [0.5, 0.6) is 0 Å². The van der Waals surface area contributed by atoms with Gasteiger partial charge in [-0.3, -0.25) is 9.69 Å². The molecule has 28 heavy (non-hydrogen) atoms. The van der Waals surface area contributed by atoms with Crippen LogP contribution >= 0.6 is 11.6 Å². The molecule has 0 aromatic heterocycles. The number of amides is 2. The van der Waals surface area contributed by atoms with E-state index in [-0.39, 0.29) is 32.3 Å². The minimum atomic E-state index is -0.774. The van der Waals surface area contributed by atoms with Gasteiger partial charge in [0.1, 0.15) is 18.8 Å². The van der Waals surface area contributed by atoms with Gasteiger partial charge in [0.05, 0.1) is 0 Å². The van der Waals surface area contributed by atoms with E-state index in [1.807, 2.05) is 30.3 Å². The standard InChI is InChI=1S/C19H27ClN2O6/c1-19(2,3)28-17(24)21(4)10-11-22(18(25)27-14-20)12-16(23)26-13-15-8-6-5-7-9-15/h5-9H,10-14H2,1-4H3. The zero-order valence-electron chi connectivity index (χ0n) is 16.6. The van der Waals surface area contributed by atoms with E-state index in [1.165, 1.54) is 11.9 Å². The van der Waals surface area contributed by atoms with Gasteiger partial charge in [-0.15, -0.1) is 0 Å². The van der Waals surface area contributed by atoms with Crippen molar-refractivity contribution < 1.29 is 28.6 Å². The number of nitrogens with zero attached hydrogens (tertiary/aromatic N) is 2. The molecular weight excluding hydrogens is 388 g/mol. The monoisotopic (exact) mass is 414 g/mol. The number of rotatable bonds is 8. The van der Waals surface area contributed by atoms with E-state index in [2.05, 4.69) is 0 Å². The van der Waals surface area contributed by atoms with E-state index in [0.717, 1.165) is 10.5 Å². The van der Waals surface area contributed by atoms with Gasteiger partial charge in [0.2, 0.25) is 0 Å². The molecule has 1 aromatic carbocycles. The van der Waals surface area contributed by atoms with Crippen LogP contribution in [0.15, 0.2) is 30.3 Å². The average Bonchev–Trinajstić information content (AvgIpc) is 2.62. The molecular formula is C19H27ClN2O6. The Morgan fingerprint density at radius 2 is 1.64 bits per heavy atom. The van der Waals surface area contributed by atoms with Gasteiger partial charge < -0.3 is 19.1 Å². The van der Waals surface area contributed by atoms with Gasteiger partial charge in [-0.1, -0.05) is 41.9 Å². The summed E-state index contributed by atoms with van der Waals surface area (Å²) in [7, 11) is 1.53. The lowest BCUT2D eigenvalue weighted by molar-refractivity contribution is -0.145. The molecule has 0 radical (unpaired) electrons. The lowest BCUT2D eigenvalue weighted by Gasteiger charge is -2.27. The van der Waals surface area contributed by atoms with Crippen molar-refractivity contribution in [1.82, 2.24) is 9.80 Å². The number of hydrogen-bond acceptors (Lipinski definition) is 6. The first kappa shape index (κ1) is 23.6. The quantitative estimate of drug-likeness (QED) is 0.369. The number of esters is 1. The highest BCUT2D eigenvalue weighted by Gasteiger charge is 2.23. The van der Waals surface area contributed by atoms with Gasteiger partial charge in [-0.2, -0.15) is 0 Å². The van der Waals surface area contributed by atoms with Crippen molar-refractivity contribution in [1.29, 1.82) is 0 Å². The van der Waals surface area contributed by atoms with Gasteiger partial charge in [-0.05, 0) is 26.3 Å². The summed E-state index contributed by atoms with van der Waals surface area (Å²) >= 11 is 5.43. The van der Waals surface area contributed by atoms with Crippen molar-refractivity contribution in [2.75, 3.05) is 32.7 Å². The van der Waals surface area contributed by atoms with Crippen LogP contribution in [0, 0.1) is 0 Å². The molecule has 8 nitrogen and oxygen atoms in total. The van der Waals surface area contributed by atoms with Crippen LogP contribution in [0.3, 0.4) is 0 Å². The van der Waals surface area contributed by atoms with Crippen molar-refractivity contribution in [3.8, 4) is 0 Å². The van der Waals surface area contributed by atoms with E-state index in [0.29, 0.717) is 0 Å². The molecule has 2 amide bonds. The van der Waals surface area contributed by atoms with Crippen molar-refractivity contribution in [2.45, 2.75) is 33.0 Å². The van der Waals surface area contributed by atoms with Crippen LogP contribution < -0.4 is 0 Å². The van der Waals surface area contributed by atoms with Crippen molar-refractivity contribution in [3.05, 3.63) is 35.9 Å². The fourth-order valence-electron chi connectivity index (χ4n) is 2.01. The Hall–Kier alpha value is -2.48. The Labute approximate surface area is 170 Å². The molecule has 0 N–H and O–H groups in total. The molecule has 0 spiro atoms. The number of halogens is 1. The second kappa shape index (κ2) is 11.4. The molecule has 0 bridgehead atoms. The highest BCUT2D eigenvalue weighted by molar-refractivity contribution is 6.17. The lowest BCUT2D eigenvalue weighted by Crippen LogP contribution is -2.43. The Morgan fingerprint density at radius 3 is 2.21 bits per heavy atom. The molecule has 0 aliphatic carbocycles. The summed E-state index contributed by atoms with van der Waals surface area (Å²) in [4.78, 5) is 38.6. The predicted octanol–water partition coefficient (Wildman–Crippen LogP) is 3.23. The SMILES string of the molecule is CN(CCN(CC(=O)OCc1ccccc1)C(=O)OCCl)C(=O)OC(C)(C)C. The van der Waals surface area contributed by atoms with Crippen LogP contribution in [0.25, 0.3) is 0 Å². The summed E-state index contributed by atoms with van der Waals surface area (Å²) in [5, 5.41) is 0. The molecule has 0 aliphatic heterocycles. The van der Waals surface area contributed by atoms with Crippen LogP contribution in [0.4, 0.5) is 9.59 Å². The number of benzene rings is 1. The van der Waals surface area contributed by atoms with Gasteiger partial charge in [0, 0.05) is 20.1 Å². The van der Waals surface area contributed by atoms with E-state index in [4.69, 9.17) is 25.8 Å². The molecule has 0 unspecified atom stereocenters. The van der Waals surface area contributed by atoms with Crippen molar-refractivity contribution >= 4 is 29.8 Å². The topological polar surface area (TPSA) is 85.4 Å². The summed E-state index contributed by atoms with van der Waals surface area (Å²) in [5.74, 6) is -0.602. The number of carbonyl (C=O) groups excluding carboxylic acids is 3. The normalized spacial score (nSPS) is 10.8. The minimum Gasteiger partial charge on any atom is -0.459 e. The van der Waals surface area contributed by atoms with Crippen LogP contribution in [-0.2, 0) is 25.6 Å². The first-order valence-corrected chi connectivity index (χ1v) is 9.27. The molecule has 156 valence electrons. The summed E-state index contributed by atoms with van der Waals surface area (Å²) < 4.78 is 15.2.